The Hall–Kier alpha value is -2.58. The molecule has 3 heterocycles. The zero-order valence-electron chi connectivity index (χ0n) is 20.5. The molecule has 8 nitrogen and oxygen atoms in total. The Balaban J connectivity index is 1.52. The fourth-order valence-corrected chi connectivity index (χ4v) is 5.72. The lowest BCUT2D eigenvalue weighted by molar-refractivity contribution is 0.0379. The van der Waals surface area contributed by atoms with Crippen LogP contribution in [0.5, 0.6) is 0 Å². The third kappa shape index (κ3) is 4.79. The van der Waals surface area contributed by atoms with Crippen LogP contribution in [0, 0.1) is 12.8 Å². The highest BCUT2D eigenvalue weighted by Crippen LogP contribution is 2.35. The van der Waals surface area contributed by atoms with E-state index in [0.717, 1.165) is 61.1 Å². The van der Waals surface area contributed by atoms with E-state index in [-0.39, 0.29) is 23.6 Å². The van der Waals surface area contributed by atoms with Crippen molar-refractivity contribution in [2.45, 2.75) is 84.0 Å². The van der Waals surface area contributed by atoms with Crippen LogP contribution in [0.3, 0.4) is 0 Å². The number of hydrogen-bond donors (Lipinski definition) is 1. The minimum Gasteiger partial charge on any atom is -0.377 e. The first-order valence-corrected chi connectivity index (χ1v) is 12.8. The molecule has 1 aromatic carbocycles. The highest BCUT2D eigenvalue weighted by molar-refractivity contribution is 5.79. The fraction of sp³-hybridized carbons (Fsp3) is 0.615. The minimum atomic E-state index is -0.0356. The van der Waals surface area contributed by atoms with Crippen molar-refractivity contribution in [3.63, 3.8) is 0 Å². The third-order valence-corrected chi connectivity index (χ3v) is 7.39. The number of aromatic nitrogens is 5. The van der Waals surface area contributed by atoms with Crippen LogP contribution in [0.25, 0.3) is 10.9 Å². The summed E-state index contributed by atoms with van der Waals surface area (Å²) in [4.78, 5) is 18.6. The van der Waals surface area contributed by atoms with Crippen molar-refractivity contribution in [1.29, 1.82) is 0 Å². The van der Waals surface area contributed by atoms with Gasteiger partial charge < -0.3 is 9.72 Å². The molecule has 182 valence electrons. The van der Waals surface area contributed by atoms with Gasteiger partial charge in [0, 0.05) is 30.8 Å². The van der Waals surface area contributed by atoms with Gasteiger partial charge in [-0.15, -0.1) is 5.10 Å². The summed E-state index contributed by atoms with van der Waals surface area (Å²) in [5.74, 6) is 1.18. The van der Waals surface area contributed by atoms with Gasteiger partial charge in [0.05, 0.1) is 18.2 Å². The van der Waals surface area contributed by atoms with Crippen molar-refractivity contribution in [3.05, 3.63) is 51.6 Å². The zero-order chi connectivity index (χ0) is 23.7. The maximum absolute atomic E-state index is 13.1. The molecule has 0 radical (unpaired) electrons. The summed E-state index contributed by atoms with van der Waals surface area (Å²) in [5.41, 5.74) is 2.78. The topological polar surface area (TPSA) is 88.9 Å². The number of aromatic amines is 1. The van der Waals surface area contributed by atoms with Crippen LogP contribution in [0.15, 0.2) is 29.1 Å². The Morgan fingerprint density at radius 1 is 1.18 bits per heavy atom. The lowest BCUT2D eigenvalue weighted by Crippen LogP contribution is -2.40. The first-order chi connectivity index (χ1) is 16.5. The molecule has 1 saturated heterocycles. The lowest BCUT2D eigenvalue weighted by Gasteiger charge is -2.35. The number of pyridine rings is 1. The molecule has 0 unspecified atom stereocenters. The SMILES string of the molecule is Cc1ccc2[nH]c(=O)c(CN(C[C@@H]3CCCO3)[C@@H](c3nnnn3C3CCCC3)C(C)C)cc2c1. The smallest absolute Gasteiger partial charge is 0.252 e. The monoisotopic (exact) mass is 464 g/mol. The number of benzene rings is 1. The second-order valence-corrected chi connectivity index (χ2v) is 10.4. The van der Waals surface area contributed by atoms with Crippen molar-refractivity contribution in [1.82, 2.24) is 30.1 Å². The van der Waals surface area contributed by atoms with Gasteiger partial charge >= 0.3 is 0 Å². The Morgan fingerprint density at radius 3 is 2.74 bits per heavy atom. The molecule has 34 heavy (non-hydrogen) atoms. The van der Waals surface area contributed by atoms with Crippen LogP contribution in [0.2, 0.25) is 0 Å². The van der Waals surface area contributed by atoms with Crippen molar-refractivity contribution < 1.29 is 4.74 Å². The molecule has 8 heteroatoms. The van der Waals surface area contributed by atoms with Gasteiger partial charge in [0.15, 0.2) is 5.82 Å². The minimum absolute atomic E-state index is 0.00703. The molecule has 2 atom stereocenters. The average Bonchev–Trinajstić information content (AvgIpc) is 3.57. The summed E-state index contributed by atoms with van der Waals surface area (Å²) in [6, 6.07) is 8.53. The van der Waals surface area contributed by atoms with Gasteiger partial charge in [0.1, 0.15) is 0 Å². The zero-order valence-corrected chi connectivity index (χ0v) is 20.5. The summed E-state index contributed by atoms with van der Waals surface area (Å²) in [6.45, 7) is 8.60. The molecule has 3 aromatic rings. The molecule has 1 N–H and O–H groups in total. The van der Waals surface area contributed by atoms with E-state index < -0.39 is 0 Å². The van der Waals surface area contributed by atoms with Crippen molar-refractivity contribution in [2.24, 2.45) is 5.92 Å². The number of nitrogens with zero attached hydrogens (tertiary/aromatic N) is 5. The third-order valence-electron chi connectivity index (χ3n) is 7.39. The molecule has 2 fully saturated rings. The van der Waals surface area contributed by atoms with E-state index in [9.17, 15) is 4.79 Å². The number of hydrogen-bond acceptors (Lipinski definition) is 6. The highest BCUT2D eigenvalue weighted by Gasteiger charge is 2.34. The van der Waals surface area contributed by atoms with Crippen LogP contribution in [-0.2, 0) is 11.3 Å². The van der Waals surface area contributed by atoms with E-state index in [1.54, 1.807) is 0 Å². The molecule has 1 saturated carbocycles. The molecular weight excluding hydrogens is 428 g/mol. The Bertz CT molecular complexity index is 1170. The molecule has 1 aliphatic heterocycles. The van der Waals surface area contributed by atoms with Gasteiger partial charge in [-0.05, 0) is 72.5 Å². The van der Waals surface area contributed by atoms with Gasteiger partial charge in [-0.2, -0.15) is 0 Å². The maximum Gasteiger partial charge on any atom is 0.252 e. The Morgan fingerprint density at radius 2 is 2.00 bits per heavy atom. The predicted molar refractivity (Wildman–Crippen MR) is 132 cm³/mol. The average molecular weight is 465 g/mol. The summed E-state index contributed by atoms with van der Waals surface area (Å²) in [6.07, 6.45) is 6.99. The summed E-state index contributed by atoms with van der Waals surface area (Å²) < 4.78 is 8.09. The molecule has 1 aliphatic carbocycles. The van der Waals surface area contributed by atoms with Gasteiger partial charge in [-0.3, -0.25) is 9.69 Å². The number of ether oxygens (including phenoxy) is 1. The number of tetrazole rings is 1. The first kappa shape index (κ1) is 23.2. The van der Waals surface area contributed by atoms with E-state index in [2.05, 4.69) is 56.9 Å². The van der Waals surface area contributed by atoms with Crippen LogP contribution < -0.4 is 5.56 Å². The van der Waals surface area contributed by atoms with E-state index in [0.29, 0.717) is 12.6 Å². The van der Waals surface area contributed by atoms with E-state index in [4.69, 9.17) is 4.74 Å². The van der Waals surface area contributed by atoms with Crippen LogP contribution in [0.1, 0.15) is 81.4 Å². The summed E-state index contributed by atoms with van der Waals surface area (Å²) in [5, 5.41) is 14.1. The Labute approximate surface area is 200 Å². The second kappa shape index (κ2) is 9.96. The van der Waals surface area contributed by atoms with Crippen molar-refractivity contribution in [2.75, 3.05) is 13.2 Å². The van der Waals surface area contributed by atoms with E-state index >= 15 is 0 Å². The van der Waals surface area contributed by atoms with Crippen LogP contribution in [0.4, 0.5) is 0 Å². The summed E-state index contributed by atoms with van der Waals surface area (Å²) >= 11 is 0. The fourth-order valence-electron chi connectivity index (χ4n) is 5.72. The molecular formula is C26H36N6O2. The van der Waals surface area contributed by atoms with Gasteiger partial charge in [-0.25, -0.2) is 4.68 Å². The standard InChI is InChI=1S/C26H36N6O2/c1-17(2)24(25-28-29-30-32(25)21-7-4-5-8-21)31(16-22-9-6-12-34-22)15-20-14-19-13-18(3)10-11-23(19)27-26(20)33/h10-11,13-14,17,21-22,24H,4-9,12,15-16H2,1-3H3,(H,27,33)/t22-,24+/m0/s1. The molecule has 0 amide bonds. The molecule has 2 aromatic heterocycles. The molecule has 5 rings (SSSR count). The van der Waals surface area contributed by atoms with Gasteiger partial charge in [-0.1, -0.05) is 38.3 Å². The van der Waals surface area contributed by atoms with Gasteiger partial charge in [0.25, 0.3) is 5.56 Å². The number of aryl methyl sites for hydroxylation is 1. The number of rotatable bonds is 8. The number of nitrogens with one attached hydrogen (secondary N) is 1. The van der Waals surface area contributed by atoms with Crippen molar-refractivity contribution in [3.8, 4) is 0 Å². The van der Waals surface area contributed by atoms with Crippen LogP contribution in [-0.4, -0.2) is 49.3 Å². The molecule has 0 spiro atoms. The predicted octanol–water partition coefficient (Wildman–Crippen LogP) is 4.32. The van der Waals surface area contributed by atoms with Crippen LogP contribution >= 0.6 is 0 Å². The number of fused-ring (bicyclic) bond motifs is 1. The van der Waals surface area contributed by atoms with E-state index in [1.807, 2.05) is 18.2 Å². The normalized spacial score (nSPS) is 20.2. The largest absolute Gasteiger partial charge is 0.377 e. The van der Waals surface area contributed by atoms with E-state index in [1.165, 1.54) is 18.4 Å². The maximum atomic E-state index is 13.1. The second-order valence-electron chi connectivity index (χ2n) is 10.4. The first-order valence-electron chi connectivity index (χ1n) is 12.8. The number of H-pyrrole nitrogens is 1. The molecule has 2 aliphatic rings. The van der Waals surface area contributed by atoms with Crippen molar-refractivity contribution >= 4 is 10.9 Å². The Kier molecular flexibility index (Phi) is 6.79. The molecule has 0 bridgehead atoms. The van der Waals surface area contributed by atoms with Gasteiger partial charge in [0.2, 0.25) is 0 Å². The summed E-state index contributed by atoms with van der Waals surface area (Å²) in [7, 11) is 0. The lowest BCUT2D eigenvalue weighted by atomic mass is 9.99. The quantitative estimate of drug-likeness (QED) is 0.534. The highest BCUT2D eigenvalue weighted by atomic mass is 16.5.